The number of ketones is 1. The van der Waals surface area contributed by atoms with E-state index in [1.165, 1.54) is 0 Å². The van der Waals surface area contributed by atoms with Crippen molar-refractivity contribution in [2.24, 2.45) is 0 Å². The Kier molecular flexibility index (Phi) is 3.36. The van der Waals surface area contributed by atoms with Gasteiger partial charge in [-0.2, -0.15) is 11.8 Å². The molecule has 2 nitrogen and oxygen atoms in total. The minimum absolute atomic E-state index is 0.0784. The Bertz CT molecular complexity index is 395. The van der Waals surface area contributed by atoms with Gasteiger partial charge in [0, 0.05) is 17.7 Å². The molecule has 86 valence electrons. The highest BCUT2D eigenvalue weighted by Gasteiger charge is 2.31. The third-order valence-electron chi connectivity index (χ3n) is 2.95. The number of hydrogen-bond donors (Lipinski definition) is 1. The Labute approximate surface area is 100 Å². The molecule has 1 unspecified atom stereocenters. The molecule has 1 fully saturated rings. The van der Waals surface area contributed by atoms with E-state index in [1.807, 2.05) is 24.3 Å². The van der Waals surface area contributed by atoms with Crippen LogP contribution in [0.2, 0.25) is 0 Å². The van der Waals surface area contributed by atoms with Crippen molar-refractivity contribution in [1.29, 1.82) is 0 Å². The molecule has 0 aromatic heterocycles. The summed E-state index contributed by atoms with van der Waals surface area (Å²) in [7, 11) is 0. The number of benzene rings is 1. The van der Waals surface area contributed by atoms with Gasteiger partial charge >= 0.3 is 0 Å². The molecule has 16 heavy (non-hydrogen) atoms. The summed E-state index contributed by atoms with van der Waals surface area (Å²) < 4.78 is 0. The van der Waals surface area contributed by atoms with Crippen molar-refractivity contribution in [2.75, 3.05) is 11.5 Å². The van der Waals surface area contributed by atoms with E-state index >= 15 is 0 Å². The van der Waals surface area contributed by atoms with E-state index in [1.54, 1.807) is 18.7 Å². The van der Waals surface area contributed by atoms with Crippen LogP contribution in [0.25, 0.3) is 0 Å². The van der Waals surface area contributed by atoms with Crippen molar-refractivity contribution in [3.63, 3.8) is 0 Å². The normalized spacial score (nSPS) is 24.6. The molecule has 1 atom stereocenters. The molecular formula is C13H16O2S. The zero-order valence-corrected chi connectivity index (χ0v) is 10.2. The highest BCUT2D eigenvalue weighted by molar-refractivity contribution is 7.99. The first-order valence-electron chi connectivity index (χ1n) is 5.49. The predicted molar refractivity (Wildman–Crippen MR) is 67.0 cm³/mol. The van der Waals surface area contributed by atoms with Crippen LogP contribution in [0.15, 0.2) is 24.3 Å². The smallest absolute Gasteiger partial charge is 0.159 e. The van der Waals surface area contributed by atoms with E-state index in [9.17, 15) is 9.90 Å². The monoisotopic (exact) mass is 236 g/mol. The summed E-state index contributed by atoms with van der Waals surface area (Å²) >= 11 is 1.79. The van der Waals surface area contributed by atoms with Gasteiger partial charge in [-0.05, 0) is 30.7 Å². The second-order valence-corrected chi connectivity index (χ2v) is 5.57. The van der Waals surface area contributed by atoms with Crippen LogP contribution in [-0.4, -0.2) is 28.0 Å². The molecule has 0 amide bonds. The van der Waals surface area contributed by atoms with E-state index in [4.69, 9.17) is 0 Å². The third kappa shape index (κ3) is 2.66. The summed E-state index contributed by atoms with van der Waals surface area (Å²) in [6.07, 6.45) is 1.50. The number of carbonyl (C=O) groups excluding carboxylic acids is 1. The largest absolute Gasteiger partial charge is 0.389 e. The maximum absolute atomic E-state index is 11.2. The average molecular weight is 236 g/mol. The van der Waals surface area contributed by atoms with Gasteiger partial charge in [0.2, 0.25) is 0 Å². The fourth-order valence-corrected chi connectivity index (χ4v) is 3.31. The maximum atomic E-state index is 11.2. The highest BCUT2D eigenvalue weighted by Crippen LogP contribution is 2.30. The fraction of sp³-hybridized carbons (Fsp3) is 0.462. The van der Waals surface area contributed by atoms with Crippen molar-refractivity contribution in [3.8, 4) is 0 Å². The Hall–Kier alpha value is -0.800. The molecule has 1 aromatic carbocycles. The molecule has 0 radical (unpaired) electrons. The molecule has 1 aliphatic heterocycles. The Morgan fingerprint density at radius 3 is 3.00 bits per heavy atom. The van der Waals surface area contributed by atoms with Gasteiger partial charge in [0.25, 0.3) is 0 Å². The molecule has 0 spiro atoms. The van der Waals surface area contributed by atoms with Gasteiger partial charge in [-0.3, -0.25) is 4.79 Å². The molecule has 1 heterocycles. The molecule has 1 saturated heterocycles. The minimum atomic E-state index is -0.569. The van der Waals surface area contributed by atoms with E-state index in [-0.39, 0.29) is 5.78 Å². The second-order valence-electron chi connectivity index (χ2n) is 4.46. The van der Waals surface area contributed by atoms with Crippen LogP contribution in [0.4, 0.5) is 0 Å². The van der Waals surface area contributed by atoms with E-state index in [2.05, 4.69) is 0 Å². The third-order valence-corrected chi connectivity index (χ3v) is 4.18. The summed E-state index contributed by atoms with van der Waals surface area (Å²) in [6, 6.07) is 7.58. The average Bonchev–Trinajstić information content (AvgIpc) is 2.65. The molecule has 3 heteroatoms. The molecular weight excluding hydrogens is 220 g/mol. The second kappa shape index (κ2) is 4.60. The van der Waals surface area contributed by atoms with E-state index in [0.29, 0.717) is 6.42 Å². The lowest BCUT2D eigenvalue weighted by Gasteiger charge is -2.21. The number of hydrogen-bond acceptors (Lipinski definition) is 3. The zero-order valence-electron chi connectivity index (χ0n) is 9.40. The lowest BCUT2D eigenvalue weighted by atomic mass is 9.93. The Balaban J connectivity index is 2.15. The number of Topliss-reactive ketones (excluding diaryl/α,β-unsaturated/α-hetero) is 1. The molecule has 0 aliphatic carbocycles. The topological polar surface area (TPSA) is 37.3 Å². The lowest BCUT2D eigenvalue weighted by molar-refractivity contribution is 0.0685. The molecule has 1 aliphatic rings. The van der Waals surface area contributed by atoms with Crippen molar-refractivity contribution in [2.45, 2.75) is 25.4 Å². The van der Waals surface area contributed by atoms with Gasteiger partial charge in [-0.1, -0.05) is 18.2 Å². The van der Waals surface area contributed by atoms with Crippen LogP contribution < -0.4 is 0 Å². The van der Waals surface area contributed by atoms with Crippen molar-refractivity contribution in [1.82, 2.24) is 0 Å². The molecule has 0 bridgehead atoms. The van der Waals surface area contributed by atoms with Gasteiger partial charge in [0.15, 0.2) is 5.78 Å². The minimum Gasteiger partial charge on any atom is -0.389 e. The van der Waals surface area contributed by atoms with Crippen molar-refractivity contribution in [3.05, 3.63) is 35.4 Å². The highest BCUT2D eigenvalue weighted by atomic mass is 32.2. The first-order chi connectivity index (χ1) is 7.59. The van der Waals surface area contributed by atoms with Crippen LogP contribution in [-0.2, 0) is 6.42 Å². The van der Waals surface area contributed by atoms with Crippen LogP contribution in [0.1, 0.15) is 29.3 Å². The summed E-state index contributed by atoms with van der Waals surface area (Å²) in [6.45, 7) is 1.57. The summed E-state index contributed by atoms with van der Waals surface area (Å²) in [5.74, 6) is 1.91. The summed E-state index contributed by atoms with van der Waals surface area (Å²) in [5.41, 5.74) is 1.21. The van der Waals surface area contributed by atoms with Gasteiger partial charge < -0.3 is 5.11 Å². The predicted octanol–water partition coefficient (Wildman–Crippen LogP) is 2.30. The van der Waals surface area contributed by atoms with Gasteiger partial charge in [-0.25, -0.2) is 0 Å². The lowest BCUT2D eigenvalue weighted by Crippen LogP contribution is -2.30. The standard InChI is InChI=1S/C13H16O2S/c1-10(14)12-4-2-3-11(7-12)8-13(15)5-6-16-9-13/h2-4,7,15H,5-6,8-9H2,1H3. The van der Waals surface area contributed by atoms with Crippen LogP contribution >= 0.6 is 11.8 Å². The number of aliphatic hydroxyl groups is 1. The van der Waals surface area contributed by atoms with Crippen LogP contribution in [0, 0.1) is 0 Å². The summed E-state index contributed by atoms with van der Waals surface area (Å²) in [5, 5.41) is 10.3. The SMILES string of the molecule is CC(=O)c1cccc(CC2(O)CCSC2)c1. The molecule has 2 rings (SSSR count). The van der Waals surface area contributed by atoms with Crippen LogP contribution in [0.3, 0.4) is 0 Å². The Morgan fingerprint density at radius 1 is 1.56 bits per heavy atom. The molecule has 0 saturated carbocycles. The maximum Gasteiger partial charge on any atom is 0.159 e. The molecule has 1 N–H and O–H groups in total. The number of thioether (sulfide) groups is 1. The Morgan fingerprint density at radius 2 is 2.38 bits per heavy atom. The quantitative estimate of drug-likeness (QED) is 0.818. The zero-order chi connectivity index (χ0) is 11.6. The van der Waals surface area contributed by atoms with Gasteiger partial charge in [-0.15, -0.1) is 0 Å². The van der Waals surface area contributed by atoms with Crippen molar-refractivity contribution < 1.29 is 9.90 Å². The van der Waals surface area contributed by atoms with Gasteiger partial charge in [0.1, 0.15) is 0 Å². The van der Waals surface area contributed by atoms with Crippen LogP contribution in [0.5, 0.6) is 0 Å². The number of carbonyl (C=O) groups is 1. The molecule has 1 aromatic rings. The van der Waals surface area contributed by atoms with E-state index < -0.39 is 5.60 Å². The number of rotatable bonds is 3. The summed E-state index contributed by atoms with van der Waals surface area (Å²) in [4.78, 5) is 11.2. The first-order valence-corrected chi connectivity index (χ1v) is 6.65. The first kappa shape index (κ1) is 11.7. The fourth-order valence-electron chi connectivity index (χ4n) is 2.02. The van der Waals surface area contributed by atoms with Crippen molar-refractivity contribution >= 4 is 17.5 Å². The van der Waals surface area contributed by atoms with Gasteiger partial charge in [0.05, 0.1) is 5.60 Å². The van der Waals surface area contributed by atoms with E-state index in [0.717, 1.165) is 29.1 Å².